The van der Waals surface area contributed by atoms with Crippen molar-refractivity contribution in [3.63, 3.8) is 0 Å². The first-order valence-corrected chi connectivity index (χ1v) is 26.4. The molecular formula is C53H103NO5. The van der Waals surface area contributed by atoms with E-state index < -0.39 is 18.2 Å². The van der Waals surface area contributed by atoms with Crippen molar-refractivity contribution in [2.75, 3.05) is 6.61 Å². The summed E-state index contributed by atoms with van der Waals surface area (Å²) in [7, 11) is 0. The Balaban J connectivity index is 4.52. The average molecular weight is 834 g/mol. The van der Waals surface area contributed by atoms with E-state index in [0.29, 0.717) is 19.3 Å². The molecule has 0 aromatic heterocycles. The monoisotopic (exact) mass is 834 g/mol. The first-order chi connectivity index (χ1) is 29.0. The number of aliphatic hydroxyl groups is 2. The Morgan fingerprint density at radius 1 is 0.475 bits per heavy atom. The second-order valence-electron chi connectivity index (χ2n) is 18.3. The highest BCUT2D eigenvalue weighted by Crippen LogP contribution is 2.18. The summed E-state index contributed by atoms with van der Waals surface area (Å²) in [5, 5.41) is 23.7. The predicted octanol–water partition coefficient (Wildman–Crippen LogP) is 15.7. The minimum absolute atomic E-state index is 0.0638. The maximum absolute atomic E-state index is 13.2. The summed E-state index contributed by atoms with van der Waals surface area (Å²) >= 11 is 0. The number of aliphatic hydroxyl groups excluding tert-OH is 2. The molecule has 0 aliphatic rings. The Kier molecular flexibility index (Phi) is 46.5. The zero-order chi connectivity index (χ0) is 43.1. The van der Waals surface area contributed by atoms with Crippen LogP contribution in [0.5, 0.6) is 0 Å². The van der Waals surface area contributed by atoms with Gasteiger partial charge in [-0.2, -0.15) is 0 Å². The smallest absolute Gasteiger partial charge is 0.306 e. The average Bonchev–Trinajstić information content (AvgIpc) is 3.23. The number of carbonyl (C=O) groups is 2. The number of amides is 1. The van der Waals surface area contributed by atoms with Gasteiger partial charge in [-0.05, 0) is 44.9 Å². The SMILES string of the molecule is CCCCCCCCC/C=C\CCCC(CC(=O)NC(CO)C(O)CCCCCCCCCCCCCC)OC(=O)CCCCCCCCCCCCCCCCCC. The molecule has 0 rings (SSSR count). The van der Waals surface area contributed by atoms with Crippen molar-refractivity contribution in [3.05, 3.63) is 12.2 Å². The molecule has 0 aliphatic carbocycles. The molecule has 3 unspecified atom stereocenters. The van der Waals surface area contributed by atoms with E-state index >= 15 is 0 Å². The number of allylic oxidation sites excluding steroid dienone is 2. The fraction of sp³-hybridized carbons (Fsp3) is 0.925. The standard InChI is InChI=1S/C53H103NO5/c1-4-7-10-13-16-19-22-25-26-27-28-31-34-37-40-43-46-53(58)59-49(44-41-38-35-32-29-23-20-17-14-11-8-5-2)47-52(57)54-50(48-55)51(56)45-42-39-36-33-30-24-21-18-15-12-9-6-3/h32,35,49-51,55-56H,4-31,33-34,36-48H2,1-3H3,(H,54,57)/b35-32-. The van der Waals surface area contributed by atoms with Gasteiger partial charge in [-0.25, -0.2) is 0 Å². The van der Waals surface area contributed by atoms with Crippen molar-refractivity contribution in [1.29, 1.82) is 0 Å². The van der Waals surface area contributed by atoms with Crippen molar-refractivity contribution in [3.8, 4) is 0 Å². The van der Waals surface area contributed by atoms with Crippen molar-refractivity contribution in [2.45, 2.75) is 309 Å². The number of hydrogen-bond donors (Lipinski definition) is 3. The summed E-state index contributed by atoms with van der Waals surface area (Å²) in [5.41, 5.74) is 0. The normalized spacial score (nSPS) is 13.2. The minimum atomic E-state index is -0.788. The largest absolute Gasteiger partial charge is 0.462 e. The topological polar surface area (TPSA) is 95.9 Å². The van der Waals surface area contributed by atoms with Crippen LogP contribution in [0.3, 0.4) is 0 Å². The van der Waals surface area contributed by atoms with Crippen molar-refractivity contribution >= 4 is 11.9 Å². The highest BCUT2D eigenvalue weighted by atomic mass is 16.5. The number of hydrogen-bond acceptors (Lipinski definition) is 5. The molecule has 0 bridgehead atoms. The van der Waals surface area contributed by atoms with Crippen LogP contribution in [-0.2, 0) is 14.3 Å². The molecule has 0 saturated carbocycles. The fourth-order valence-corrected chi connectivity index (χ4v) is 8.31. The van der Waals surface area contributed by atoms with E-state index in [-0.39, 0.29) is 24.9 Å². The molecule has 0 heterocycles. The quantitative estimate of drug-likeness (QED) is 0.0322. The van der Waals surface area contributed by atoms with Crippen LogP contribution in [0.4, 0.5) is 0 Å². The molecule has 3 atom stereocenters. The summed E-state index contributed by atoms with van der Waals surface area (Å²) < 4.78 is 5.92. The first kappa shape index (κ1) is 57.6. The predicted molar refractivity (Wildman–Crippen MR) is 255 cm³/mol. The van der Waals surface area contributed by atoms with Gasteiger partial charge >= 0.3 is 5.97 Å². The number of carbonyl (C=O) groups excluding carboxylic acids is 2. The Labute approximate surface area is 368 Å². The van der Waals surface area contributed by atoms with Gasteiger partial charge in [0.05, 0.1) is 25.2 Å². The molecule has 0 spiro atoms. The zero-order valence-corrected chi connectivity index (χ0v) is 39.9. The number of esters is 1. The molecule has 0 fully saturated rings. The summed E-state index contributed by atoms with van der Waals surface area (Å²) in [6.45, 7) is 6.49. The van der Waals surface area contributed by atoms with Gasteiger partial charge in [0.1, 0.15) is 6.10 Å². The maximum atomic E-state index is 13.2. The lowest BCUT2D eigenvalue weighted by atomic mass is 10.0. The number of rotatable bonds is 48. The minimum Gasteiger partial charge on any atom is -0.462 e. The van der Waals surface area contributed by atoms with Gasteiger partial charge in [-0.3, -0.25) is 9.59 Å². The molecule has 3 N–H and O–H groups in total. The van der Waals surface area contributed by atoms with E-state index in [9.17, 15) is 19.8 Å². The summed E-state index contributed by atoms with van der Waals surface area (Å²) in [6, 6.07) is -0.703. The van der Waals surface area contributed by atoms with Gasteiger partial charge in [0.2, 0.25) is 5.91 Å². The molecule has 0 aromatic carbocycles. The number of nitrogens with one attached hydrogen (secondary N) is 1. The third kappa shape index (κ3) is 43.1. The van der Waals surface area contributed by atoms with E-state index in [4.69, 9.17) is 4.74 Å². The molecule has 1 amide bonds. The third-order valence-corrected chi connectivity index (χ3v) is 12.3. The van der Waals surface area contributed by atoms with Gasteiger partial charge in [0, 0.05) is 6.42 Å². The number of ether oxygens (including phenoxy) is 1. The molecule has 6 nitrogen and oxygen atoms in total. The molecule has 0 radical (unpaired) electrons. The molecular weight excluding hydrogens is 731 g/mol. The van der Waals surface area contributed by atoms with E-state index in [0.717, 1.165) is 51.4 Å². The fourth-order valence-electron chi connectivity index (χ4n) is 8.31. The Morgan fingerprint density at radius 3 is 1.24 bits per heavy atom. The van der Waals surface area contributed by atoms with Gasteiger partial charge in [-0.1, -0.05) is 245 Å². The second kappa shape index (κ2) is 47.6. The van der Waals surface area contributed by atoms with E-state index in [2.05, 4.69) is 38.2 Å². The molecule has 0 aromatic rings. The van der Waals surface area contributed by atoms with Crippen molar-refractivity contribution < 1.29 is 24.5 Å². The highest BCUT2D eigenvalue weighted by molar-refractivity contribution is 5.77. The lowest BCUT2D eigenvalue weighted by molar-refractivity contribution is -0.151. The van der Waals surface area contributed by atoms with Crippen molar-refractivity contribution in [1.82, 2.24) is 5.32 Å². The van der Waals surface area contributed by atoms with Crippen LogP contribution in [0, 0.1) is 0 Å². The zero-order valence-electron chi connectivity index (χ0n) is 39.9. The lowest BCUT2D eigenvalue weighted by Crippen LogP contribution is -2.46. The molecule has 350 valence electrons. The van der Waals surface area contributed by atoms with Gasteiger partial charge in [-0.15, -0.1) is 0 Å². The highest BCUT2D eigenvalue weighted by Gasteiger charge is 2.24. The van der Waals surface area contributed by atoms with Gasteiger partial charge in [0.25, 0.3) is 0 Å². The Bertz CT molecular complexity index is 893. The van der Waals surface area contributed by atoms with Gasteiger partial charge < -0.3 is 20.3 Å². The maximum Gasteiger partial charge on any atom is 0.306 e. The molecule has 0 aliphatic heterocycles. The van der Waals surface area contributed by atoms with Crippen LogP contribution in [-0.4, -0.2) is 46.9 Å². The van der Waals surface area contributed by atoms with Crippen LogP contribution < -0.4 is 5.32 Å². The first-order valence-electron chi connectivity index (χ1n) is 26.4. The summed E-state index contributed by atoms with van der Waals surface area (Å²) in [6.07, 6.45) is 52.8. The number of unbranched alkanes of at least 4 members (excludes halogenated alkanes) is 34. The Morgan fingerprint density at radius 2 is 0.831 bits per heavy atom. The molecule has 59 heavy (non-hydrogen) atoms. The summed E-state index contributed by atoms with van der Waals surface area (Å²) in [4.78, 5) is 26.1. The van der Waals surface area contributed by atoms with Crippen molar-refractivity contribution in [2.24, 2.45) is 0 Å². The lowest BCUT2D eigenvalue weighted by Gasteiger charge is -2.24. The third-order valence-electron chi connectivity index (χ3n) is 12.3. The van der Waals surface area contributed by atoms with E-state index in [1.54, 1.807) is 0 Å². The van der Waals surface area contributed by atoms with Crippen LogP contribution in [0.15, 0.2) is 12.2 Å². The van der Waals surface area contributed by atoms with Crippen LogP contribution in [0.1, 0.15) is 290 Å². The van der Waals surface area contributed by atoms with Crippen LogP contribution >= 0.6 is 0 Å². The van der Waals surface area contributed by atoms with Gasteiger partial charge in [0.15, 0.2) is 0 Å². The molecule has 6 heteroatoms. The second-order valence-corrected chi connectivity index (χ2v) is 18.3. The van der Waals surface area contributed by atoms with E-state index in [1.165, 1.54) is 193 Å². The molecule has 0 saturated heterocycles. The van der Waals surface area contributed by atoms with Crippen LogP contribution in [0.25, 0.3) is 0 Å². The Hall–Kier alpha value is -1.40. The summed E-state index contributed by atoms with van der Waals surface area (Å²) in [5.74, 6) is -0.485. The van der Waals surface area contributed by atoms with Crippen LogP contribution in [0.2, 0.25) is 0 Å². The van der Waals surface area contributed by atoms with E-state index in [1.807, 2.05) is 0 Å².